The number of hydrogen-bond acceptors (Lipinski definition) is 4. The third kappa shape index (κ3) is 2.47. The maximum Gasteiger partial charge on any atom is 0.131 e. The number of rotatable bonds is 3. The van der Waals surface area contributed by atoms with E-state index < -0.39 is 6.10 Å². The molecule has 0 saturated heterocycles. The Morgan fingerprint density at radius 3 is 2.77 bits per heavy atom. The van der Waals surface area contributed by atoms with Gasteiger partial charge in [0.05, 0.1) is 5.69 Å². The fourth-order valence-corrected chi connectivity index (χ4v) is 0.973. The van der Waals surface area contributed by atoms with Crippen molar-refractivity contribution in [3.8, 4) is 0 Å². The summed E-state index contributed by atoms with van der Waals surface area (Å²) in [6.45, 7) is 4.20. The Kier molecular flexibility index (Phi) is 3.33. The highest BCUT2D eigenvalue weighted by atomic mass is 16.3. The number of aromatic nitrogens is 2. The predicted molar refractivity (Wildman–Crippen MR) is 50.1 cm³/mol. The molecule has 0 bridgehead atoms. The monoisotopic (exact) mass is 181 g/mol. The topological polar surface area (TPSA) is 72.0 Å². The lowest BCUT2D eigenvalue weighted by Crippen LogP contribution is -2.14. The van der Waals surface area contributed by atoms with Gasteiger partial charge in [-0.15, -0.1) is 0 Å². The largest absolute Gasteiger partial charge is 0.385 e. The summed E-state index contributed by atoms with van der Waals surface area (Å²) >= 11 is 0. The van der Waals surface area contributed by atoms with E-state index in [1.165, 1.54) is 0 Å². The minimum atomic E-state index is -0.680. The highest BCUT2D eigenvalue weighted by Crippen LogP contribution is 2.12. The fraction of sp³-hybridized carbons (Fsp3) is 0.556. The van der Waals surface area contributed by atoms with Gasteiger partial charge >= 0.3 is 0 Å². The van der Waals surface area contributed by atoms with Gasteiger partial charge in [-0.2, -0.15) is 0 Å². The Morgan fingerprint density at radius 1 is 1.54 bits per heavy atom. The van der Waals surface area contributed by atoms with Crippen LogP contribution in [0.3, 0.4) is 0 Å². The molecule has 72 valence electrons. The molecule has 13 heavy (non-hydrogen) atoms. The average Bonchev–Trinajstić information content (AvgIpc) is 2.17. The van der Waals surface area contributed by atoms with Crippen molar-refractivity contribution in [1.82, 2.24) is 9.97 Å². The molecule has 0 aliphatic heterocycles. The Balaban J connectivity index is 2.91. The van der Waals surface area contributed by atoms with Crippen molar-refractivity contribution < 1.29 is 5.11 Å². The molecule has 4 heteroatoms. The molecule has 1 atom stereocenters. The van der Waals surface area contributed by atoms with E-state index in [1.54, 1.807) is 12.3 Å². The molecular weight excluding hydrogens is 166 g/mol. The van der Waals surface area contributed by atoms with E-state index in [9.17, 15) is 5.11 Å². The van der Waals surface area contributed by atoms with Crippen LogP contribution in [0.25, 0.3) is 0 Å². The molecule has 0 fully saturated rings. The van der Waals surface area contributed by atoms with Gasteiger partial charge in [-0.25, -0.2) is 9.97 Å². The van der Waals surface area contributed by atoms with Crippen LogP contribution in [-0.4, -0.2) is 21.6 Å². The van der Waals surface area contributed by atoms with Gasteiger partial charge in [0.15, 0.2) is 0 Å². The summed E-state index contributed by atoms with van der Waals surface area (Å²) in [5.74, 6) is 1.01. The second-order valence-electron chi connectivity index (χ2n) is 3.25. The predicted octanol–water partition coefficient (Wildman–Crippen LogP) is 0.592. The Morgan fingerprint density at radius 2 is 2.23 bits per heavy atom. The lowest BCUT2D eigenvalue weighted by molar-refractivity contribution is 0.181. The standard InChI is InChI=1S/C9H15N3O/c1-6(2)9-11-4-3-7(12-9)8(13)5-10/h3-4,6,8,13H,5,10H2,1-2H3/t8-/m0/s1. The summed E-state index contributed by atoms with van der Waals surface area (Å²) in [4.78, 5) is 8.29. The van der Waals surface area contributed by atoms with Crippen LogP contribution in [-0.2, 0) is 0 Å². The van der Waals surface area contributed by atoms with Crippen LogP contribution in [0.15, 0.2) is 12.3 Å². The maximum atomic E-state index is 9.42. The van der Waals surface area contributed by atoms with Gasteiger partial charge in [-0.1, -0.05) is 13.8 Å². The van der Waals surface area contributed by atoms with Crippen molar-refractivity contribution in [3.63, 3.8) is 0 Å². The third-order valence-electron chi connectivity index (χ3n) is 1.78. The Labute approximate surface area is 77.8 Å². The highest BCUT2D eigenvalue weighted by Gasteiger charge is 2.09. The van der Waals surface area contributed by atoms with Crippen LogP contribution >= 0.6 is 0 Å². The summed E-state index contributed by atoms with van der Waals surface area (Å²) < 4.78 is 0. The lowest BCUT2D eigenvalue weighted by atomic mass is 10.2. The molecule has 0 radical (unpaired) electrons. The summed E-state index contributed by atoms with van der Waals surface area (Å²) in [5.41, 5.74) is 5.92. The number of aliphatic hydroxyl groups is 1. The summed E-state index contributed by atoms with van der Waals surface area (Å²) in [5, 5.41) is 9.42. The molecule has 0 amide bonds. The molecule has 0 aliphatic rings. The van der Waals surface area contributed by atoms with Crippen LogP contribution in [0.5, 0.6) is 0 Å². The zero-order chi connectivity index (χ0) is 9.84. The van der Waals surface area contributed by atoms with Gasteiger partial charge in [0, 0.05) is 18.7 Å². The second-order valence-corrected chi connectivity index (χ2v) is 3.25. The Hall–Kier alpha value is -1.00. The smallest absolute Gasteiger partial charge is 0.131 e. The van der Waals surface area contributed by atoms with E-state index >= 15 is 0 Å². The molecule has 0 aliphatic carbocycles. The quantitative estimate of drug-likeness (QED) is 0.716. The third-order valence-corrected chi connectivity index (χ3v) is 1.78. The summed E-state index contributed by atoms with van der Waals surface area (Å²) in [6, 6.07) is 1.68. The van der Waals surface area contributed by atoms with Crippen LogP contribution in [0, 0.1) is 0 Å². The van der Waals surface area contributed by atoms with Gasteiger partial charge in [0.25, 0.3) is 0 Å². The molecule has 4 nitrogen and oxygen atoms in total. The van der Waals surface area contributed by atoms with Crippen LogP contribution in [0.4, 0.5) is 0 Å². The van der Waals surface area contributed by atoms with Crippen molar-refractivity contribution in [2.75, 3.05) is 6.54 Å². The van der Waals surface area contributed by atoms with E-state index in [-0.39, 0.29) is 12.5 Å². The van der Waals surface area contributed by atoms with Crippen LogP contribution < -0.4 is 5.73 Å². The SMILES string of the molecule is CC(C)c1nccc([C@@H](O)CN)n1. The molecule has 1 heterocycles. The molecule has 3 N–H and O–H groups in total. The molecule has 1 rings (SSSR count). The van der Waals surface area contributed by atoms with Crippen molar-refractivity contribution in [2.24, 2.45) is 5.73 Å². The zero-order valence-electron chi connectivity index (χ0n) is 7.94. The molecule has 1 aromatic rings. The van der Waals surface area contributed by atoms with E-state index in [0.29, 0.717) is 5.69 Å². The molecule has 0 unspecified atom stereocenters. The van der Waals surface area contributed by atoms with Crippen LogP contribution in [0.2, 0.25) is 0 Å². The van der Waals surface area contributed by atoms with E-state index in [2.05, 4.69) is 9.97 Å². The number of hydrogen-bond donors (Lipinski definition) is 2. The number of aliphatic hydroxyl groups excluding tert-OH is 1. The van der Waals surface area contributed by atoms with Gasteiger partial charge < -0.3 is 10.8 Å². The van der Waals surface area contributed by atoms with Gasteiger partial charge in [-0.05, 0) is 6.07 Å². The number of nitrogens with zero attached hydrogens (tertiary/aromatic N) is 2. The van der Waals surface area contributed by atoms with Gasteiger partial charge in [0.2, 0.25) is 0 Å². The number of nitrogens with two attached hydrogens (primary N) is 1. The molecule has 0 saturated carbocycles. The fourth-order valence-electron chi connectivity index (χ4n) is 0.973. The molecule has 0 aromatic carbocycles. The second kappa shape index (κ2) is 4.30. The van der Waals surface area contributed by atoms with Crippen molar-refractivity contribution in [2.45, 2.75) is 25.9 Å². The van der Waals surface area contributed by atoms with E-state index in [1.807, 2.05) is 13.8 Å². The highest BCUT2D eigenvalue weighted by molar-refractivity contribution is 5.07. The first kappa shape index (κ1) is 10.1. The molecular formula is C9H15N3O. The first-order valence-electron chi connectivity index (χ1n) is 4.36. The average molecular weight is 181 g/mol. The molecule has 0 spiro atoms. The maximum absolute atomic E-state index is 9.42. The minimum absolute atomic E-state index is 0.189. The van der Waals surface area contributed by atoms with Crippen LogP contribution in [0.1, 0.15) is 37.4 Å². The normalized spacial score (nSPS) is 13.3. The van der Waals surface area contributed by atoms with E-state index in [0.717, 1.165) is 5.82 Å². The van der Waals surface area contributed by atoms with Crippen molar-refractivity contribution in [3.05, 3.63) is 23.8 Å². The first-order chi connectivity index (χ1) is 6.15. The summed E-state index contributed by atoms with van der Waals surface area (Å²) in [7, 11) is 0. The zero-order valence-corrected chi connectivity index (χ0v) is 7.94. The summed E-state index contributed by atoms with van der Waals surface area (Å²) in [6.07, 6.45) is 0.969. The van der Waals surface area contributed by atoms with Gasteiger partial charge in [-0.3, -0.25) is 0 Å². The Bertz CT molecular complexity index is 275. The van der Waals surface area contributed by atoms with Gasteiger partial charge in [0.1, 0.15) is 11.9 Å². The molecule has 1 aromatic heterocycles. The van der Waals surface area contributed by atoms with E-state index in [4.69, 9.17) is 5.73 Å². The lowest BCUT2D eigenvalue weighted by Gasteiger charge is -2.09. The first-order valence-corrected chi connectivity index (χ1v) is 4.36. The van der Waals surface area contributed by atoms with Crippen molar-refractivity contribution >= 4 is 0 Å². The van der Waals surface area contributed by atoms with Crippen molar-refractivity contribution in [1.29, 1.82) is 0 Å². The minimum Gasteiger partial charge on any atom is -0.385 e.